The van der Waals surface area contributed by atoms with E-state index in [4.69, 9.17) is 22.9 Å². The van der Waals surface area contributed by atoms with E-state index in [0.717, 1.165) is 22.3 Å². The van der Waals surface area contributed by atoms with Crippen molar-refractivity contribution < 1.29 is 19.2 Å². The predicted octanol–water partition coefficient (Wildman–Crippen LogP) is 7.90. The maximum Gasteiger partial charge on any atom is 0.255 e. The summed E-state index contributed by atoms with van der Waals surface area (Å²) >= 11 is 2.82. The second kappa shape index (κ2) is 22.4. The molecule has 0 saturated heterocycles. The first-order valence-electron chi connectivity index (χ1n) is 21.3. The van der Waals surface area contributed by atoms with Crippen molar-refractivity contribution in [3.63, 3.8) is 0 Å². The first kappa shape index (κ1) is 49.5. The van der Waals surface area contributed by atoms with E-state index in [-0.39, 0.29) is 33.8 Å². The van der Waals surface area contributed by atoms with Crippen LogP contribution in [0.5, 0.6) is 0 Å². The Morgan fingerprint density at radius 1 is 0.500 bits per heavy atom. The lowest BCUT2D eigenvalue weighted by Crippen LogP contribution is -2.37. The van der Waals surface area contributed by atoms with Gasteiger partial charge in [0.2, 0.25) is 11.8 Å². The van der Waals surface area contributed by atoms with Crippen LogP contribution in [0.15, 0.2) is 119 Å². The van der Waals surface area contributed by atoms with Crippen molar-refractivity contribution in [2.75, 3.05) is 45.9 Å². The second-order valence-corrected chi connectivity index (χ2v) is 19.8. The molecular weight excluding hydrogens is 841 g/mol. The quantitative estimate of drug-likeness (QED) is 0.0397. The third kappa shape index (κ3) is 13.8. The van der Waals surface area contributed by atoms with Gasteiger partial charge in [-0.25, -0.2) is 0 Å². The smallest absolute Gasteiger partial charge is 0.255 e. The normalized spacial score (nSPS) is 12.5. The number of anilines is 4. The molecule has 0 aromatic heterocycles. The molecule has 2 atom stereocenters. The first-order chi connectivity index (χ1) is 30.4. The average Bonchev–Trinajstić information content (AvgIpc) is 3.25. The number of hydrogen-bond donors (Lipinski definition) is 8. The van der Waals surface area contributed by atoms with E-state index in [1.165, 1.54) is 29.6 Å². The maximum atomic E-state index is 14.2. The second-order valence-electron chi connectivity index (χ2n) is 17.6. The fourth-order valence-electron chi connectivity index (χ4n) is 6.69. The number of carbonyl (C=O) groups is 4. The standard InChI is InChI=1S/C50H62N8O4S2/c1-49(2,3)35-27-39(43(63-22-20-51)41(29-35)57-47(61)37(53)24-31-14-9-7-10-15-31)55-45(59)33-18-13-19-34(26-33)46(60)56-40-28-36(50(4,5)6)30-42(44(40)64-23-21-52)58-48(62)38(54)25-32-16-11-8-12-17-32/h7-19,26-30,37-38H,20-25,51-54H2,1-6H3,(H,55,59)(H,56,60)(H,57,61)(H,58,62)/t37-,38-/m0/s1. The van der Waals surface area contributed by atoms with Crippen LogP contribution in [0.4, 0.5) is 22.7 Å². The molecule has 0 aliphatic carbocycles. The Labute approximate surface area is 385 Å². The third-order valence-electron chi connectivity index (χ3n) is 10.3. The van der Waals surface area contributed by atoms with Gasteiger partial charge in [-0.3, -0.25) is 19.2 Å². The molecule has 12 N–H and O–H groups in total. The topological polar surface area (TPSA) is 220 Å². The van der Waals surface area contributed by atoms with E-state index >= 15 is 0 Å². The van der Waals surface area contributed by atoms with Crippen molar-refractivity contribution in [1.82, 2.24) is 0 Å². The van der Waals surface area contributed by atoms with Crippen LogP contribution in [-0.2, 0) is 33.3 Å². The summed E-state index contributed by atoms with van der Waals surface area (Å²) in [6, 6.07) is 31.6. The molecule has 0 spiro atoms. The summed E-state index contributed by atoms with van der Waals surface area (Å²) in [5.41, 5.74) is 30.1. The third-order valence-corrected chi connectivity index (χ3v) is 12.6. The van der Waals surface area contributed by atoms with Gasteiger partial charge in [0.15, 0.2) is 0 Å². The summed E-state index contributed by atoms with van der Waals surface area (Å²) in [6.07, 6.45) is 0.698. The average molecular weight is 903 g/mol. The van der Waals surface area contributed by atoms with Crippen LogP contribution in [0.25, 0.3) is 0 Å². The zero-order valence-electron chi connectivity index (χ0n) is 37.5. The van der Waals surface area contributed by atoms with Crippen molar-refractivity contribution >= 4 is 69.9 Å². The zero-order chi connectivity index (χ0) is 46.6. The van der Waals surface area contributed by atoms with Crippen LogP contribution in [0, 0.1) is 0 Å². The van der Waals surface area contributed by atoms with Gasteiger partial charge in [-0.05, 0) is 88.4 Å². The lowest BCUT2D eigenvalue weighted by atomic mass is 9.86. The highest BCUT2D eigenvalue weighted by atomic mass is 32.2. The molecule has 5 aromatic rings. The van der Waals surface area contributed by atoms with E-state index in [1.54, 1.807) is 18.2 Å². The van der Waals surface area contributed by atoms with Gasteiger partial charge in [0.25, 0.3) is 11.8 Å². The summed E-state index contributed by atoms with van der Waals surface area (Å²) in [5.74, 6) is -0.614. The van der Waals surface area contributed by atoms with Crippen LogP contribution in [0.1, 0.15) is 84.5 Å². The van der Waals surface area contributed by atoms with Crippen molar-refractivity contribution in [3.05, 3.63) is 143 Å². The number of nitrogens with one attached hydrogen (secondary N) is 4. The SMILES string of the molecule is CC(C)(C)c1cc(NC(=O)c2cccc(C(=O)Nc3cc(C(C)(C)C)cc(NC(=O)[C@@H](N)Cc4ccccc4)c3SCCN)c2)c(SCCN)c(NC(=O)[C@@H](N)Cc2ccccc2)c1. The van der Waals surface area contributed by atoms with Gasteiger partial charge in [-0.15, -0.1) is 23.5 Å². The van der Waals surface area contributed by atoms with Gasteiger partial charge in [0.05, 0.1) is 44.6 Å². The molecule has 64 heavy (non-hydrogen) atoms. The molecule has 0 fully saturated rings. The first-order valence-corrected chi connectivity index (χ1v) is 23.3. The molecule has 0 heterocycles. The Bertz CT molecular complexity index is 2250. The summed E-state index contributed by atoms with van der Waals surface area (Å²) in [6.45, 7) is 13.0. The van der Waals surface area contributed by atoms with Crippen molar-refractivity contribution in [2.24, 2.45) is 22.9 Å². The minimum absolute atomic E-state index is 0.237. The van der Waals surface area contributed by atoms with Gasteiger partial charge in [0, 0.05) is 35.7 Å². The lowest BCUT2D eigenvalue weighted by molar-refractivity contribution is -0.118. The fourth-order valence-corrected chi connectivity index (χ4v) is 8.40. The van der Waals surface area contributed by atoms with Gasteiger partial charge >= 0.3 is 0 Å². The molecule has 4 amide bonds. The highest BCUT2D eigenvalue weighted by molar-refractivity contribution is 7.99. The Balaban J connectivity index is 1.44. The number of thioether (sulfide) groups is 2. The highest BCUT2D eigenvalue weighted by Crippen LogP contribution is 2.41. The Morgan fingerprint density at radius 3 is 1.17 bits per heavy atom. The van der Waals surface area contributed by atoms with E-state index in [0.29, 0.717) is 70.0 Å². The molecule has 0 unspecified atom stereocenters. The monoisotopic (exact) mass is 902 g/mol. The molecule has 0 radical (unpaired) electrons. The van der Waals surface area contributed by atoms with Gasteiger partial charge < -0.3 is 44.2 Å². The molecular formula is C50H62N8O4S2. The number of hydrogen-bond acceptors (Lipinski definition) is 10. The van der Waals surface area contributed by atoms with Crippen molar-refractivity contribution in [1.29, 1.82) is 0 Å². The summed E-state index contributed by atoms with van der Waals surface area (Å²) in [4.78, 5) is 56.7. The molecule has 0 aliphatic heterocycles. The zero-order valence-corrected chi connectivity index (χ0v) is 39.2. The van der Waals surface area contributed by atoms with Crippen LogP contribution in [0.2, 0.25) is 0 Å². The Morgan fingerprint density at radius 2 is 0.844 bits per heavy atom. The molecule has 5 aromatic carbocycles. The van der Waals surface area contributed by atoms with Crippen LogP contribution >= 0.6 is 23.5 Å². The summed E-state index contributed by atoms with van der Waals surface area (Å²) < 4.78 is 0. The Hall–Kier alpha value is -5.48. The molecule has 0 saturated carbocycles. The van der Waals surface area contributed by atoms with Crippen molar-refractivity contribution in [3.8, 4) is 0 Å². The Kier molecular flexibility index (Phi) is 17.4. The van der Waals surface area contributed by atoms with Gasteiger partial charge in [0.1, 0.15) is 0 Å². The summed E-state index contributed by atoms with van der Waals surface area (Å²) in [5, 5.41) is 12.2. The number of benzene rings is 5. The van der Waals surface area contributed by atoms with Gasteiger partial charge in [-0.2, -0.15) is 0 Å². The number of carbonyl (C=O) groups excluding carboxylic acids is 4. The molecule has 338 valence electrons. The van der Waals surface area contributed by atoms with E-state index < -0.39 is 23.9 Å². The van der Waals surface area contributed by atoms with E-state index in [9.17, 15) is 19.2 Å². The minimum atomic E-state index is -0.820. The number of rotatable bonds is 18. The van der Waals surface area contributed by atoms with Crippen molar-refractivity contribution in [2.45, 2.75) is 87.1 Å². The lowest BCUT2D eigenvalue weighted by Gasteiger charge is -2.25. The largest absolute Gasteiger partial charge is 0.330 e. The molecule has 5 rings (SSSR count). The fraction of sp³-hybridized carbons (Fsp3) is 0.320. The highest BCUT2D eigenvalue weighted by Gasteiger charge is 2.26. The van der Waals surface area contributed by atoms with Crippen LogP contribution in [0.3, 0.4) is 0 Å². The molecule has 0 aliphatic rings. The van der Waals surface area contributed by atoms with E-state index in [2.05, 4.69) is 21.3 Å². The molecule has 14 heteroatoms. The van der Waals surface area contributed by atoms with Gasteiger partial charge in [-0.1, -0.05) is 108 Å². The predicted molar refractivity (Wildman–Crippen MR) is 266 cm³/mol. The van der Waals surface area contributed by atoms with Crippen LogP contribution in [-0.4, -0.2) is 60.3 Å². The molecule has 0 bridgehead atoms. The molecule has 12 nitrogen and oxygen atoms in total. The summed E-state index contributed by atoms with van der Waals surface area (Å²) in [7, 11) is 0. The van der Waals surface area contributed by atoms with Crippen LogP contribution < -0.4 is 44.2 Å². The van der Waals surface area contributed by atoms with E-state index in [1.807, 2.05) is 126 Å². The maximum absolute atomic E-state index is 14.2. The minimum Gasteiger partial charge on any atom is -0.330 e. The number of nitrogens with two attached hydrogens (primary N) is 4. The number of amides is 4.